The first-order chi connectivity index (χ1) is 6.05. The van der Waals surface area contributed by atoms with E-state index in [2.05, 4.69) is 11.6 Å². The number of allylic oxidation sites excluding steroid dienone is 1. The number of nitrogens with zero attached hydrogens (tertiary/aromatic N) is 2. The fourth-order valence-corrected chi connectivity index (χ4v) is 1.66. The summed E-state index contributed by atoms with van der Waals surface area (Å²) >= 11 is 0. The quantitative estimate of drug-likeness (QED) is 0.542. The molecule has 0 saturated carbocycles. The van der Waals surface area contributed by atoms with E-state index in [1.54, 1.807) is 6.08 Å². The van der Waals surface area contributed by atoms with E-state index >= 15 is 0 Å². The molecule has 72 valence electrons. The molecule has 13 heavy (non-hydrogen) atoms. The molecule has 1 aromatic rings. The average Bonchev–Trinajstić information content (AvgIpc) is 2.47. The van der Waals surface area contributed by atoms with Crippen molar-refractivity contribution in [3.05, 3.63) is 25.2 Å². The first kappa shape index (κ1) is 10.2. The van der Waals surface area contributed by atoms with E-state index in [4.69, 9.17) is 9.79 Å². The molecule has 2 N–H and O–H groups in total. The lowest BCUT2D eigenvalue weighted by molar-refractivity contribution is 0.384. The molecule has 5 nitrogen and oxygen atoms in total. The molecule has 0 amide bonds. The fourth-order valence-electron chi connectivity index (χ4n) is 0.959. The first-order valence-corrected chi connectivity index (χ1v) is 5.34. The van der Waals surface area contributed by atoms with Gasteiger partial charge in [0.15, 0.2) is 5.44 Å². The van der Waals surface area contributed by atoms with Crippen LogP contribution in [0, 0.1) is 0 Å². The van der Waals surface area contributed by atoms with Crippen LogP contribution in [0.4, 0.5) is 0 Å². The van der Waals surface area contributed by atoms with Gasteiger partial charge < -0.3 is 14.4 Å². The van der Waals surface area contributed by atoms with Crippen LogP contribution in [0.5, 0.6) is 0 Å². The van der Waals surface area contributed by atoms with Crippen molar-refractivity contribution in [2.45, 2.75) is 13.0 Å². The Bertz CT molecular complexity index is 341. The lowest BCUT2D eigenvalue weighted by Crippen LogP contribution is -2.16. The number of hydrogen-bond acceptors (Lipinski definition) is 2. The molecule has 0 aliphatic carbocycles. The number of rotatable bonds is 4. The molecule has 0 bridgehead atoms. The van der Waals surface area contributed by atoms with Gasteiger partial charge in [0.05, 0.1) is 12.5 Å². The molecule has 0 atom stereocenters. The standard InChI is InChI=1S/C7H11N2O3P/c1-2-3-4-9-6-8-5-7(9)13(10,11)12/h2,5-6H,1,3-4H2,(H2,10,11,12). The van der Waals surface area contributed by atoms with E-state index in [0.29, 0.717) is 13.0 Å². The summed E-state index contributed by atoms with van der Waals surface area (Å²) in [7, 11) is -4.18. The monoisotopic (exact) mass is 202 g/mol. The molecule has 1 heterocycles. The third-order valence-electron chi connectivity index (χ3n) is 1.56. The van der Waals surface area contributed by atoms with Gasteiger partial charge in [0.2, 0.25) is 0 Å². The summed E-state index contributed by atoms with van der Waals surface area (Å²) in [5.41, 5.74) is -0.0469. The zero-order chi connectivity index (χ0) is 9.90. The number of hydrogen-bond donors (Lipinski definition) is 2. The van der Waals surface area contributed by atoms with Crippen LogP contribution in [0.2, 0.25) is 0 Å². The zero-order valence-electron chi connectivity index (χ0n) is 7.00. The summed E-state index contributed by atoms with van der Waals surface area (Å²) in [6, 6.07) is 0. The van der Waals surface area contributed by atoms with Crippen molar-refractivity contribution in [1.82, 2.24) is 9.55 Å². The largest absolute Gasteiger partial charge is 0.374 e. The van der Waals surface area contributed by atoms with Gasteiger partial charge in [-0.25, -0.2) is 4.98 Å². The maximum absolute atomic E-state index is 10.9. The summed E-state index contributed by atoms with van der Waals surface area (Å²) in [5.74, 6) is 0. The molecule has 0 aliphatic rings. The molecule has 0 saturated heterocycles. The average molecular weight is 202 g/mol. The molecule has 0 unspecified atom stereocenters. The Kier molecular flexibility index (Phi) is 3.03. The maximum atomic E-state index is 10.9. The maximum Gasteiger partial charge on any atom is 0.374 e. The lowest BCUT2D eigenvalue weighted by Gasteiger charge is -2.06. The van der Waals surface area contributed by atoms with Crippen LogP contribution in [0.15, 0.2) is 25.2 Å². The van der Waals surface area contributed by atoms with Gasteiger partial charge in [-0.05, 0) is 6.42 Å². The van der Waals surface area contributed by atoms with Crippen LogP contribution in [-0.2, 0) is 11.1 Å². The summed E-state index contributed by atoms with van der Waals surface area (Å²) < 4.78 is 12.3. The van der Waals surface area contributed by atoms with E-state index < -0.39 is 7.60 Å². The molecular weight excluding hydrogens is 191 g/mol. The van der Waals surface area contributed by atoms with Crippen molar-refractivity contribution >= 4 is 13.0 Å². The SMILES string of the molecule is C=CCCn1cncc1P(=O)(O)O. The second-order valence-corrected chi connectivity index (χ2v) is 4.11. The van der Waals surface area contributed by atoms with Crippen LogP contribution < -0.4 is 5.44 Å². The van der Waals surface area contributed by atoms with E-state index in [1.165, 1.54) is 17.1 Å². The van der Waals surface area contributed by atoms with Gasteiger partial charge in [0.1, 0.15) is 0 Å². The Hall–Kier alpha value is -0.900. The third kappa shape index (κ3) is 2.52. The van der Waals surface area contributed by atoms with Crippen molar-refractivity contribution in [3.8, 4) is 0 Å². The Morgan fingerprint density at radius 3 is 2.92 bits per heavy atom. The summed E-state index contributed by atoms with van der Waals surface area (Å²) in [4.78, 5) is 21.4. The van der Waals surface area contributed by atoms with Crippen LogP contribution >= 0.6 is 7.60 Å². The first-order valence-electron chi connectivity index (χ1n) is 3.73. The van der Waals surface area contributed by atoms with Crippen molar-refractivity contribution in [3.63, 3.8) is 0 Å². The van der Waals surface area contributed by atoms with E-state index in [1.807, 2.05) is 0 Å². The number of aromatic nitrogens is 2. The van der Waals surface area contributed by atoms with Crippen LogP contribution in [-0.4, -0.2) is 19.3 Å². The Labute approximate surface area is 75.9 Å². The van der Waals surface area contributed by atoms with Crippen molar-refractivity contribution in [1.29, 1.82) is 0 Å². The highest BCUT2D eigenvalue weighted by atomic mass is 31.2. The lowest BCUT2D eigenvalue weighted by atomic mass is 10.4. The summed E-state index contributed by atoms with van der Waals surface area (Å²) in [6.07, 6.45) is 4.93. The van der Waals surface area contributed by atoms with Crippen LogP contribution in [0.1, 0.15) is 6.42 Å². The van der Waals surface area contributed by atoms with Crippen molar-refractivity contribution in [2.75, 3.05) is 0 Å². The zero-order valence-corrected chi connectivity index (χ0v) is 7.89. The Morgan fingerprint density at radius 2 is 2.38 bits per heavy atom. The fraction of sp³-hybridized carbons (Fsp3) is 0.286. The van der Waals surface area contributed by atoms with Gasteiger partial charge in [-0.15, -0.1) is 6.58 Å². The van der Waals surface area contributed by atoms with Gasteiger partial charge in [0.25, 0.3) is 0 Å². The predicted octanol–water partition coefficient (Wildman–Crippen LogP) is 0.262. The minimum atomic E-state index is -4.18. The molecule has 0 aliphatic heterocycles. The van der Waals surface area contributed by atoms with Gasteiger partial charge in [0, 0.05) is 6.54 Å². The third-order valence-corrected chi connectivity index (χ3v) is 2.53. The molecule has 0 aromatic carbocycles. The molecule has 0 fully saturated rings. The van der Waals surface area contributed by atoms with E-state index in [-0.39, 0.29) is 5.44 Å². The number of imidazole rings is 1. The number of aryl methyl sites for hydroxylation is 1. The highest BCUT2D eigenvalue weighted by Crippen LogP contribution is 2.32. The highest BCUT2D eigenvalue weighted by molar-refractivity contribution is 7.60. The summed E-state index contributed by atoms with van der Waals surface area (Å²) in [5, 5.41) is 0. The minimum Gasteiger partial charge on any atom is -0.324 e. The van der Waals surface area contributed by atoms with Crippen LogP contribution in [0.3, 0.4) is 0 Å². The van der Waals surface area contributed by atoms with Crippen molar-refractivity contribution in [2.24, 2.45) is 0 Å². The van der Waals surface area contributed by atoms with E-state index in [0.717, 1.165) is 0 Å². The minimum absolute atomic E-state index is 0.0469. The normalized spacial score (nSPS) is 11.5. The molecular formula is C7H11N2O3P. The van der Waals surface area contributed by atoms with Crippen LogP contribution in [0.25, 0.3) is 0 Å². The summed E-state index contributed by atoms with van der Waals surface area (Å²) in [6.45, 7) is 4.01. The van der Waals surface area contributed by atoms with Crippen molar-refractivity contribution < 1.29 is 14.4 Å². The molecule has 6 heteroatoms. The predicted molar refractivity (Wildman–Crippen MR) is 48.7 cm³/mol. The van der Waals surface area contributed by atoms with Gasteiger partial charge in [-0.2, -0.15) is 0 Å². The van der Waals surface area contributed by atoms with Gasteiger partial charge in [-0.1, -0.05) is 6.08 Å². The topological polar surface area (TPSA) is 75.4 Å². The molecule has 0 spiro atoms. The smallest absolute Gasteiger partial charge is 0.324 e. The van der Waals surface area contributed by atoms with E-state index in [9.17, 15) is 4.57 Å². The highest BCUT2D eigenvalue weighted by Gasteiger charge is 2.21. The second-order valence-electron chi connectivity index (χ2n) is 2.57. The molecule has 0 radical (unpaired) electrons. The second kappa shape index (κ2) is 3.87. The molecule has 1 aromatic heterocycles. The van der Waals surface area contributed by atoms with Gasteiger partial charge in [-0.3, -0.25) is 4.57 Å². The Balaban J connectivity index is 2.89. The van der Waals surface area contributed by atoms with Gasteiger partial charge >= 0.3 is 7.60 Å². The molecule has 1 rings (SSSR count). The Morgan fingerprint density at radius 1 is 1.69 bits per heavy atom.